The highest BCUT2D eigenvalue weighted by Crippen LogP contribution is 2.17. The van der Waals surface area contributed by atoms with Gasteiger partial charge in [-0.25, -0.2) is 9.67 Å². The number of nitrogens with zero attached hydrogens (tertiary/aromatic N) is 3. The van der Waals surface area contributed by atoms with Gasteiger partial charge in [-0.2, -0.15) is 5.10 Å². The first-order chi connectivity index (χ1) is 8.47. The van der Waals surface area contributed by atoms with Crippen molar-refractivity contribution in [3.05, 3.63) is 41.0 Å². The molecule has 1 N–H and O–H groups in total. The molecular formula is C13H15N3O2. The highest BCUT2D eigenvalue weighted by Gasteiger charge is 2.14. The lowest BCUT2D eigenvalue weighted by Crippen LogP contribution is -2.10. The van der Waals surface area contributed by atoms with E-state index in [9.17, 15) is 4.79 Å². The molecule has 0 spiro atoms. The Balaban J connectivity index is 2.52. The molecular weight excluding hydrogens is 230 g/mol. The summed E-state index contributed by atoms with van der Waals surface area (Å²) in [6.45, 7) is 5.75. The maximum absolute atomic E-state index is 10.8. The Morgan fingerprint density at radius 3 is 2.67 bits per heavy atom. The van der Waals surface area contributed by atoms with Crippen LogP contribution in [0.3, 0.4) is 0 Å². The second-order valence-electron chi connectivity index (χ2n) is 4.35. The van der Waals surface area contributed by atoms with Gasteiger partial charge in [0.05, 0.1) is 5.69 Å². The minimum absolute atomic E-state index is 0.131. The molecule has 94 valence electrons. The lowest BCUT2D eigenvalue weighted by Gasteiger charge is -2.08. The number of benzene rings is 1. The molecule has 2 aromatic rings. The van der Waals surface area contributed by atoms with Crippen LogP contribution in [0, 0.1) is 20.8 Å². The quantitative estimate of drug-likeness (QED) is 0.895. The van der Waals surface area contributed by atoms with Crippen LogP contribution in [-0.4, -0.2) is 25.8 Å². The van der Waals surface area contributed by atoms with Crippen LogP contribution in [0.4, 0.5) is 0 Å². The Morgan fingerprint density at radius 1 is 1.33 bits per heavy atom. The fourth-order valence-corrected chi connectivity index (χ4v) is 1.94. The van der Waals surface area contributed by atoms with Crippen LogP contribution >= 0.6 is 0 Å². The molecule has 0 saturated heterocycles. The summed E-state index contributed by atoms with van der Waals surface area (Å²) in [5, 5.41) is 13.1. The molecule has 0 fully saturated rings. The summed E-state index contributed by atoms with van der Waals surface area (Å²) in [5.41, 5.74) is 3.08. The molecule has 0 bridgehead atoms. The Labute approximate surface area is 105 Å². The molecule has 5 heteroatoms. The largest absolute Gasteiger partial charge is 0.481 e. The lowest BCUT2D eigenvalue weighted by molar-refractivity contribution is -0.136. The van der Waals surface area contributed by atoms with Gasteiger partial charge in [0.2, 0.25) is 0 Å². The topological polar surface area (TPSA) is 68.0 Å². The molecule has 1 aromatic carbocycles. The van der Waals surface area contributed by atoms with E-state index in [1.165, 1.54) is 0 Å². The Hall–Kier alpha value is -2.17. The highest BCUT2D eigenvalue weighted by molar-refractivity contribution is 5.69. The van der Waals surface area contributed by atoms with E-state index in [0.717, 1.165) is 16.8 Å². The predicted octanol–water partition coefficient (Wildman–Crippen LogP) is 1.82. The van der Waals surface area contributed by atoms with E-state index in [1.807, 2.05) is 32.0 Å². The van der Waals surface area contributed by atoms with E-state index in [0.29, 0.717) is 11.6 Å². The van der Waals surface area contributed by atoms with Crippen molar-refractivity contribution in [2.75, 3.05) is 0 Å². The number of aromatic nitrogens is 3. The summed E-state index contributed by atoms with van der Waals surface area (Å²) >= 11 is 0. The summed E-state index contributed by atoms with van der Waals surface area (Å²) in [6, 6.07) is 5.95. The van der Waals surface area contributed by atoms with Gasteiger partial charge in [0.1, 0.15) is 18.1 Å². The number of hydrogen-bond donors (Lipinski definition) is 1. The van der Waals surface area contributed by atoms with Crippen LogP contribution < -0.4 is 0 Å². The van der Waals surface area contributed by atoms with Crippen LogP contribution in [0.2, 0.25) is 0 Å². The maximum atomic E-state index is 10.8. The molecule has 5 nitrogen and oxygen atoms in total. The van der Waals surface area contributed by atoms with Crippen LogP contribution in [-0.2, 0) is 11.2 Å². The predicted molar refractivity (Wildman–Crippen MR) is 66.9 cm³/mol. The van der Waals surface area contributed by atoms with Gasteiger partial charge in [-0.1, -0.05) is 17.7 Å². The van der Waals surface area contributed by atoms with Crippen molar-refractivity contribution in [2.24, 2.45) is 0 Å². The molecule has 0 aliphatic carbocycles. The van der Waals surface area contributed by atoms with Crippen molar-refractivity contribution in [3.63, 3.8) is 0 Å². The number of carboxylic acid groups (broad SMARTS) is 1. The van der Waals surface area contributed by atoms with Crippen molar-refractivity contribution in [1.29, 1.82) is 0 Å². The number of carboxylic acids is 1. The average Bonchev–Trinajstić information content (AvgIpc) is 2.58. The third kappa shape index (κ3) is 2.40. The zero-order chi connectivity index (χ0) is 13.3. The van der Waals surface area contributed by atoms with Gasteiger partial charge < -0.3 is 5.11 Å². The van der Waals surface area contributed by atoms with Gasteiger partial charge in [0.15, 0.2) is 0 Å². The first-order valence-corrected chi connectivity index (χ1v) is 5.69. The van der Waals surface area contributed by atoms with Gasteiger partial charge in [-0.15, -0.1) is 0 Å². The minimum atomic E-state index is -0.909. The molecule has 0 aliphatic rings. The molecule has 1 heterocycles. The third-order valence-electron chi connectivity index (χ3n) is 2.67. The maximum Gasteiger partial charge on any atom is 0.311 e. The monoisotopic (exact) mass is 245 g/mol. The van der Waals surface area contributed by atoms with Crippen molar-refractivity contribution >= 4 is 5.97 Å². The lowest BCUT2D eigenvalue weighted by atomic mass is 10.1. The third-order valence-corrected chi connectivity index (χ3v) is 2.67. The number of hydrogen-bond acceptors (Lipinski definition) is 3. The Bertz CT molecular complexity index is 602. The van der Waals surface area contributed by atoms with E-state index in [2.05, 4.69) is 10.1 Å². The molecule has 0 atom stereocenters. The summed E-state index contributed by atoms with van der Waals surface area (Å²) < 4.78 is 1.61. The number of aryl methyl sites for hydroxylation is 3. The van der Waals surface area contributed by atoms with Crippen LogP contribution in [0.15, 0.2) is 18.2 Å². The average molecular weight is 245 g/mol. The summed E-state index contributed by atoms with van der Waals surface area (Å²) in [6.07, 6.45) is -0.131. The minimum Gasteiger partial charge on any atom is -0.481 e. The van der Waals surface area contributed by atoms with Gasteiger partial charge in [0, 0.05) is 0 Å². The molecule has 0 unspecified atom stereocenters. The van der Waals surface area contributed by atoms with E-state index < -0.39 is 5.97 Å². The fourth-order valence-electron chi connectivity index (χ4n) is 1.94. The van der Waals surface area contributed by atoms with E-state index >= 15 is 0 Å². The molecule has 18 heavy (non-hydrogen) atoms. The smallest absolute Gasteiger partial charge is 0.311 e. The van der Waals surface area contributed by atoms with Crippen LogP contribution in [0.5, 0.6) is 0 Å². The van der Waals surface area contributed by atoms with E-state index in [1.54, 1.807) is 11.6 Å². The second-order valence-corrected chi connectivity index (χ2v) is 4.35. The Morgan fingerprint density at radius 2 is 2.06 bits per heavy atom. The summed E-state index contributed by atoms with van der Waals surface area (Å²) in [5.74, 6) is 0.117. The summed E-state index contributed by atoms with van der Waals surface area (Å²) in [4.78, 5) is 15.0. The zero-order valence-corrected chi connectivity index (χ0v) is 10.6. The SMILES string of the molecule is Cc1ccc(-n2nc(C)nc2CC(=O)O)c(C)c1. The molecule has 0 radical (unpaired) electrons. The van der Waals surface area contributed by atoms with Crippen molar-refractivity contribution < 1.29 is 9.90 Å². The van der Waals surface area contributed by atoms with E-state index in [-0.39, 0.29) is 6.42 Å². The van der Waals surface area contributed by atoms with Gasteiger partial charge >= 0.3 is 5.97 Å². The first kappa shape index (κ1) is 12.3. The van der Waals surface area contributed by atoms with Gasteiger partial charge in [-0.05, 0) is 32.4 Å². The van der Waals surface area contributed by atoms with Crippen molar-refractivity contribution in [2.45, 2.75) is 27.2 Å². The standard InChI is InChI=1S/C13H15N3O2/c1-8-4-5-11(9(2)6-8)16-12(7-13(17)18)14-10(3)15-16/h4-6H,7H2,1-3H3,(H,17,18). The van der Waals surface area contributed by atoms with E-state index in [4.69, 9.17) is 5.11 Å². The van der Waals surface area contributed by atoms with Crippen LogP contribution in [0.1, 0.15) is 22.8 Å². The molecule has 0 saturated carbocycles. The van der Waals surface area contributed by atoms with Gasteiger partial charge in [-0.3, -0.25) is 4.79 Å². The first-order valence-electron chi connectivity index (χ1n) is 5.69. The van der Waals surface area contributed by atoms with Crippen LogP contribution in [0.25, 0.3) is 5.69 Å². The Kier molecular flexibility index (Phi) is 3.14. The number of rotatable bonds is 3. The number of carbonyl (C=O) groups is 1. The second kappa shape index (κ2) is 4.60. The van der Waals surface area contributed by atoms with Crippen molar-refractivity contribution in [3.8, 4) is 5.69 Å². The van der Waals surface area contributed by atoms with Gasteiger partial charge in [0.25, 0.3) is 0 Å². The summed E-state index contributed by atoms with van der Waals surface area (Å²) in [7, 11) is 0. The number of aliphatic carboxylic acids is 1. The molecule has 2 rings (SSSR count). The fraction of sp³-hybridized carbons (Fsp3) is 0.308. The molecule has 1 aromatic heterocycles. The zero-order valence-electron chi connectivity index (χ0n) is 10.6. The molecule has 0 aliphatic heterocycles. The molecule has 0 amide bonds. The highest BCUT2D eigenvalue weighted by atomic mass is 16.4. The normalized spacial score (nSPS) is 10.6. The van der Waals surface area contributed by atoms with Crippen molar-refractivity contribution in [1.82, 2.24) is 14.8 Å².